The largest absolute Gasteiger partial charge is 0.362 e. The van der Waals surface area contributed by atoms with Crippen LogP contribution in [0.5, 0.6) is 0 Å². The minimum Gasteiger partial charge on any atom is -0.362 e. The standard InChI is InChI=1S/C14H16N2.2BrH/c15-16-13-8-12-6-7-14(13,10-12)9-11-4-2-1-3-5-11;;/h1-5,12H,6-10H2;2*1H/t12-,14-;;/m1../s1. The molecule has 0 saturated heterocycles. The molecule has 2 atom stereocenters. The van der Waals surface area contributed by atoms with Gasteiger partial charge in [-0.15, -0.1) is 34.0 Å². The molecule has 1 aromatic rings. The fourth-order valence-electron chi connectivity index (χ4n) is 3.56. The normalized spacial score (nSPS) is 28.2. The highest BCUT2D eigenvalue weighted by atomic mass is 79.9. The minimum atomic E-state index is 0. The van der Waals surface area contributed by atoms with Crippen LogP contribution in [-0.4, -0.2) is 10.5 Å². The molecule has 0 amide bonds. The Bertz CT molecular complexity index is 454. The second-order valence-electron chi connectivity index (χ2n) is 5.30. The van der Waals surface area contributed by atoms with E-state index < -0.39 is 0 Å². The van der Waals surface area contributed by atoms with E-state index in [0.717, 1.165) is 24.5 Å². The molecule has 0 N–H and O–H groups in total. The van der Waals surface area contributed by atoms with Crippen molar-refractivity contribution in [3.8, 4) is 0 Å². The van der Waals surface area contributed by atoms with E-state index in [4.69, 9.17) is 5.53 Å². The predicted molar refractivity (Wildman–Crippen MR) is 83.8 cm³/mol. The maximum Gasteiger partial charge on any atom is 0.275 e. The first kappa shape index (κ1) is 15.6. The molecule has 2 nitrogen and oxygen atoms in total. The summed E-state index contributed by atoms with van der Waals surface area (Å²) in [5.41, 5.74) is 11.7. The van der Waals surface area contributed by atoms with Gasteiger partial charge >= 0.3 is 0 Å². The maximum absolute atomic E-state index is 9.12. The topological polar surface area (TPSA) is 36.4 Å². The van der Waals surface area contributed by atoms with Gasteiger partial charge in [-0.25, -0.2) is 0 Å². The quantitative estimate of drug-likeness (QED) is 0.549. The van der Waals surface area contributed by atoms with Crippen LogP contribution in [0.25, 0.3) is 5.53 Å². The third-order valence-corrected chi connectivity index (χ3v) is 4.31. The molecule has 0 aliphatic heterocycles. The summed E-state index contributed by atoms with van der Waals surface area (Å²) in [5.74, 6) is 0.773. The zero-order valence-corrected chi connectivity index (χ0v) is 13.6. The summed E-state index contributed by atoms with van der Waals surface area (Å²) in [5, 5.41) is 0. The number of hydrogen-bond acceptors (Lipinski definition) is 0. The molecule has 2 aliphatic rings. The average molecular weight is 374 g/mol. The van der Waals surface area contributed by atoms with E-state index in [1.54, 1.807) is 0 Å². The van der Waals surface area contributed by atoms with Crippen LogP contribution in [0, 0.1) is 11.3 Å². The molecule has 18 heavy (non-hydrogen) atoms. The molecule has 0 heterocycles. The van der Waals surface area contributed by atoms with Gasteiger partial charge in [-0.3, -0.25) is 0 Å². The van der Waals surface area contributed by atoms with Crippen LogP contribution in [0.15, 0.2) is 30.3 Å². The Balaban J connectivity index is 0.000000810. The Labute approximate surface area is 129 Å². The number of hydrogen-bond donors (Lipinski definition) is 0. The lowest BCUT2D eigenvalue weighted by molar-refractivity contribution is -0.0219. The van der Waals surface area contributed by atoms with Crippen molar-refractivity contribution in [3.63, 3.8) is 0 Å². The lowest BCUT2D eigenvalue weighted by Crippen LogP contribution is -2.28. The lowest BCUT2D eigenvalue weighted by Gasteiger charge is -2.21. The van der Waals surface area contributed by atoms with Crippen molar-refractivity contribution in [1.29, 1.82) is 0 Å². The molecule has 1 aromatic carbocycles. The Kier molecular flexibility index (Phi) is 5.32. The van der Waals surface area contributed by atoms with E-state index in [2.05, 4.69) is 29.1 Å². The van der Waals surface area contributed by atoms with Crippen molar-refractivity contribution < 1.29 is 4.79 Å². The van der Waals surface area contributed by atoms with Crippen molar-refractivity contribution in [3.05, 3.63) is 41.4 Å². The van der Waals surface area contributed by atoms with E-state index in [0.29, 0.717) is 0 Å². The smallest absolute Gasteiger partial charge is 0.275 e. The molecule has 2 fully saturated rings. The first-order valence-corrected chi connectivity index (χ1v) is 6.08. The third-order valence-electron chi connectivity index (χ3n) is 4.31. The van der Waals surface area contributed by atoms with Crippen molar-refractivity contribution in [2.24, 2.45) is 11.3 Å². The maximum atomic E-state index is 9.12. The molecular formula is C14H18Br2N2. The SMILES string of the molecule is Br.Br.[N-]=[N+]=C1C[C@H]2CC[C@@]1(Cc1ccccc1)C2. The average Bonchev–Trinajstić information content (AvgIpc) is 2.87. The van der Waals surface area contributed by atoms with Crippen molar-refractivity contribution in [2.45, 2.75) is 32.1 Å². The Morgan fingerprint density at radius 2 is 1.94 bits per heavy atom. The molecule has 2 bridgehead atoms. The number of nitrogens with zero attached hydrogens (tertiary/aromatic N) is 2. The molecule has 0 spiro atoms. The highest BCUT2D eigenvalue weighted by molar-refractivity contribution is 8.93. The summed E-state index contributed by atoms with van der Waals surface area (Å²) in [7, 11) is 0. The molecule has 0 radical (unpaired) electrons. The summed E-state index contributed by atoms with van der Waals surface area (Å²) >= 11 is 0. The van der Waals surface area contributed by atoms with Crippen LogP contribution in [0.3, 0.4) is 0 Å². The highest BCUT2D eigenvalue weighted by Gasteiger charge is 2.54. The summed E-state index contributed by atoms with van der Waals surface area (Å²) in [6.45, 7) is 0. The Morgan fingerprint density at radius 1 is 1.22 bits per heavy atom. The molecular weight excluding hydrogens is 356 g/mol. The van der Waals surface area contributed by atoms with Gasteiger partial charge < -0.3 is 5.53 Å². The first-order chi connectivity index (χ1) is 7.82. The van der Waals surface area contributed by atoms with Gasteiger partial charge in [0.05, 0.1) is 5.41 Å². The van der Waals surface area contributed by atoms with Crippen LogP contribution in [-0.2, 0) is 6.42 Å². The summed E-state index contributed by atoms with van der Waals surface area (Å²) < 4.78 is 0. The summed E-state index contributed by atoms with van der Waals surface area (Å²) in [4.78, 5) is 3.56. The van der Waals surface area contributed by atoms with Crippen LogP contribution in [0.4, 0.5) is 0 Å². The lowest BCUT2D eigenvalue weighted by atomic mass is 9.77. The zero-order chi connectivity index (χ0) is 11.0. The number of benzene rings is 1. The fourth-order valence-corrected chi connectivity index (χ4v) is 3.56. The van der Waals surface area contributed by atoms with Crippen LogP contribution < -0.4 is 0 Å². The molecule has 0 aromatic heterocycles. The van der Waals surface area contributed by atoms with Gasteiger partial charge in [-0.1, -0.05) is 30.3 Å². The van der Waals surface area contributed by atoms with Crippen molar-refractivity contribution in [2.75, 3.05) is 0 Å². The number of halogens is 2. The molecule has 3 rings (SSSR count). The molecule has 2 aliphatic carbocycles. The van der Waals surface area contributed by atoms with E-state index in [1.807, 2.05) is 6.07 Å². The predicted octanol–water partition coefficient (Wildman–Crippen LogP) is 4.25. The molecule has 4 heteroatoms. The van der Waals surface area contributed by atoms with Gasteiger partial charge in [0.2, 0.25) is 0 Å². The summed E-state index contributed by atoms with van der Waals surface area (Å²) in [6.07, 6.45) is 5.80. The first-order valence-electron chi connectivity index (χ1n) is 6.08. The van der Waals surface area contributed by atoms with Gasteiger partial charge in [-0.05, 0) is 37.2 Å². The van der Waals surface area contributed by atoms with Crippen LogP contribution in [0.1, 0.15) is 31.2 Å². The van der Waals surface area contributed by atoms with Crippen molar-refractivity contribution >= 4 is 39.7 Å². The molecule has 2 saturated carbocycles. The monoisotopic (exact) mass is 372 g/mol. The second kappa shape index (κ2) is 6.14. The van der Waals surface area contributed by atoms with E-state index in [-0.39, 0.29) is 39.4 Å². The summed E-state index contributed by atoms with van der Waals surface area (Å²) in [6, 6.07) is 10.6. The Morgan fingerprint density at radius 3 is 2.56 bits per heavy atom. The van der Waals surface area contributed by atoms with Gasteiger partial charge in [0, 0.05) is 6.42 Å². The van der Waals surface area contributed by atoms with Crippen LogP contribution in [0.2, 0.25) is 0 Å². The van der Waals surface area contributed by atoms with Gasteiger partial charge in [0.15, 0.2) is 0 Å². The highest BCUT2D eigenvalue weighted by Crippen LogP contribution is 2.53. The molecule has 98 valence electrons. The van der Waals surface area contributed by atoms with E-state index in [9.17, 15) is 0 Å². The van der Waals surface area contributed by atoms with Gasteiger partial charge in [0.1, 0.15) is 0 Å². The minimum absolute atomic E-state index is 0. The van der Waals surface area contributed by atoms with E-state index >= 15 is 0 Å². The van der Waals surface area contributed by atoms with Crippen LogP contribution >= 0.6 is 34.0 Å². The van der Waals surface area contributed by atoms with Gasteiger partial charge in [0.25, 0.3) is 5.71 Å². The van der Waals surface area contributed by atoms with E-state index in [1.165, 1.54) is 24.8 Å². The zero-order valence-electron chi connectivity index (χ0n) is 10.2. The number of fused-ring (bicyclic) bond motifs is 2. The third kappa shape index (κ3) is 2.61. The van der Waals surface area contributed by atoms with Gasteiger partial charge in [-0.2, -0.15) is 4.79 Å². The fraction of sp³-hybridized carbons (Fsp3) is 0.500. The molecule has 0 unspecified atom stereocenters. The Hall–Kier alpha value is -0.440. The second-order valence-corrected chi connectivity index (χ2v) is 5.30. The van der Waals surface area contributed by atoms with Crippen molar-refractivity contribution in [1.82, 2.24) is 0 Å². The number of rotatable bonds is 2.